The fraction of sp³-hybridized carbons (Fsp3) is 0.111. The summed E-state index contributed by atoms with van der Waals surface area (Å²) in [7, 11) is 1.54. The molecule has 0 aliphatic heterocycles. The molecule has 0 atom stereocenters. The van der Waals surface area contributed by atoms with Gasteiger partial charge in [-0.3, -0.25) is 9.59 Å². The first-order valence-electron chi connectivity index (χ1n) is 7.16. The molecular formula is C18H16N2O3. The van der Waals surface area contributed by atoms with Crippen molar-refractivity contribution in [3.05, 3.63) is 70.0 Å². The number of anilines is 1. The number of hydrogen-bond acceptors (Lipinski definition) is 3. The van der Waals surface area contributed by atoms with Gasteiger partial charge in [0.05, 0.1) is 12.8 Å². The molecule has 0 bridgehead atoms. The van der Waals surface area contributed by atoms with E-state index in [9.17, 15) is 9.59 Å². The first-order chi connectivity index (χ1) is 11.1. The number of aromatic amines is 1. The van der Waals surface area contributed by atoms with Crippen LogP contribution in [-0.4, -0.2) is 18.0 Å². The second-order valence-corrected chi connectivity index (χ2v) is 5.23. The molecule has 0 unspecified atom stereocenters. The normalized spacial score (nSPS) is 10.5. The molecule has 116 valence electrons. The van der Waals surface area contributed by atoms with Gasteiger partial charge in [-0.15, -0.1) is 0 Å². The number of benzene rings is 2. The number of aryl methyl sites for hydroxylation is 1. The zero-order valence-corrected chi connectivity index (χ0v) is 12.8. The lowest BCUT2D eigenvalue weighted by Gasteiger charge is -2.10. The highest BCUT2D eigenvalue weighted by Crippen LogP contribution is 2.24. The van der Waals surface area contributed by atoms with Crippen molar-refractivity contribution < 1.29 is 9.53 Å². The number of carbonyl (C=O) groups is 1. The minimum absolute atomic E-state index is 0.108. The lowest BCUT2D eigenvalue weighted by molar-refractivity contribution is 0.102. The van der Waals surface area contributed by atoms with E-state index in [2.05, 4.69) is 10.3 Å². The summed E-state index contributed by atoms with van der Waals surface area (Å²) in [4.78, 5) is 27.6. The predicted octanol–water partition coefficient (Wildman–Crippen LogP) is 3.10. The molecule has 0 aliphatic rings. The Hall–Kier alpha value is -3.08. The second-order valence-electron chi connectivity index (χ2n) is 5.23. The maximum absolute atomic E-state index is 12.4. The molecule has 3 rings (SSSR count). The Bertz CT molecular complexity index is 944. The lowest BCUT2D eigenvalue weighted by atomic mass is 10.1. The Morgan fingerprint density at radius 3 is 2.70 bits per heavy atom. The molecule has 0 spiro atoms. The summed E-state index contributed by atoms with van der Waals surface area (Å²) in [5.41, 5.74) is 2.39. The fourth-order valence-electron chi connectivity index (χ4n) is 2.46. The van der Waals surface area contributed by atoms with Gasteiger partial charge in [0.25, 0.3) is 5.91 Å². The van der Waals surface area contributed by atoms with E-state index in [4.69, 9.17) is 4.74 Å². The molecule has 1 heterocycles. The molecule has 23 heavy (non-hydrogen) atoms. The minimum atomic E-state index is -0.295. The largest absolute Gasteiger partial charge is 0.495 e. The van der Waals surface area contributed by atoms with Crippen LogP contribution in [0.3, 0.4) is 0 Å². The summed E-state index contributed by atoms with van der Waals surface area (Å²) >= 11 is 0. The van der Waals surface area contributed by atoms with E-state index in [-0.39, 0.29) is 11.3 Å². The lowest BCUT2D eigenvalue weighted by Crippen LogP contribution is -2.13. The number of carbonyl (C=O) groups excluding carboxylic acids is 1. The van der Waals surface area contributed by atoms with Crippen molar-refractivity contribution in [1.82, 2.24) is 4.98 Å². The van der Waals surface area contributed by atoms with E-state index in [1.54, 1.807) is 37.4 Å². The van der Waals surface area contributed by atoms with Gasteiger partial charge in [0.1, 0.15) is 5.75 Å². The molecule has 0 saturated carbocycles. The molecular weight excluding hydrogens is 292 g/mol. The van der Waals surface area contributed by atoms with Crippen LogP contribution in [0.4, 0.5) is 5.69 Å². The Morgan fingerprint density at radius 2 is 1.91 bits per heavy atom. The number of hydrogen-bond donors (Lipinski definition) is 2. The van der Waals surface area contributed by atoms with Crippen LogP contribution in [0, 0.1) is 6.92 Å². The monoisotopic (exact) mass is 308 g/mol. The van der Waals surface area contributed by atoms with Crippen LogP contribution in [0.1, 0.15) is 16.1 Å². The zero-order chi connectivity index (χ0) is 16.4. The molecule has 1 amide bonds. The Morgan fingerprint density at radius 1 is 1.13 bits per heavy atom. The summed E-state index contributed by atoms with van der Waals surface area (Å²) in [5, 5.41) is 3.29. The van der Waals surface area contributed by atoms with Gasteiger partial charge in [-0.1, -0.05) is 12.1 Å². The topological polar surface area (TPSA) is 71.2 Å². The van der Waals surface area contributed by atoms with Gasteiger partial charge >= 0.3 is 0 Å². The first kappa shape index (κ1) is 14.8. The van der Waals surface area contributed by atoms with Gasteiger partial charge in [0.15, 0.2) is 5.43 Å². The average molecular weight is 308 g/mol. The third-order valence-electron chi connectivity index (χ3n) is 3.58. The van der Waals surface area contributed by atoms with Crippen LogP contribution >= 0.6 is 0 Å². The van der Waals surface area contributed by atoms with Crippen molar-refractivity contribution >= 4 is 22.5 Å². The fourth-order valence-corrected chi connectivity index (χ4v) is 2.46. The first-order valence-corrected chi connectivity index (χ1v) is 7.16. The molecule has 0 aliphatic carbocycles. The van der Waals surface area contributed by atoms with Gasteiger partial charge in [-0.25, -0.2) is 0 Å². The molecule has 1 aromatic heterocycles. The van der Waals surface area contributed by atoms with E-state index in [1.165, 1.54) is 6.07 Å². The summed E-state index contributed by atoms with van der Waals surface area (Å²) in [6.45, 7) is 1.82. The van der Waals surface area contributed by atoms with Gasteiger partial charge in [-0.2, -0.15) is 0 Å². The number of aromatic nitrogens is 1. The number of fused-ring (bicyclic) bond motifs is 1. The van der Waals surface area contributed by atoms with E-state index < -0.39 is 0 Å². The quantitative estimate of drug-likeness (QED) is 0.781. The van der Waals surface area contributed by atoms with Crippen LogP contribution in [-0.2, 0) is 0 Å². The molecule has 5 heteroatoms. The standard InChI is InChI=1S/C18H16N2O3/c1-11-9-16(21)13-10-12(7-8-14(13)19-11)18(22)20-15-5-3-4-6-17(15)23-2/h3-10H,1-2H3,(H,19,21)(H,20,22). The molecule has 2 aromatic carbocycles. The number of para-hydroxylation sites is 2. The number of rotatable bonds is 3. The predicted molar refractivity (Wildman–Crippen MR) is 90.3 cm³/mol. The van der Waals surface area contributed by atoms with Crippen molar-refractivity contribution in [2.75, 3.05) is 12.4 Å². The van der Waals surface area contributed by atoms with Gasteiger partial charge in [-0.05, 0) is 37.3 Å². The van der Waals surface area contributed by atoms with E-state index in [0.29, 0.717) is 27.9 Å². The van der Waals surface area contributed by atoms with Crippen molar-refractivity contribution in [2.45, 2.75) is 6.92 Å². The number of H-pyrrole nitrogens is 1. The van der Waals surface area contributed by atoms with Gasteiger partial charge in [0, 0.05) is 28.2 Å². The van der Waals surface area contributed by atoms with Crippen molar-refractivity contribution in [3.63, 3.8) is 0 Å². The smallest absolute Gasteiger partial charge is 0.255 e. The second kappa shape index (κ2) is 5.96. The molecule has 5 nitrogen and oxygen atoms in total. The van der Waals surface area contributed by atoms with E-state index >= 15 is 0 Å². The van der Waals surface area contributed by atoms with Crippen LogP contribution in [0.5, 0.6) is 5.75 Å². The highest BCUT2D eigenvalue weighted by molar-refractivity contribution is 6.06. The summed E-state index contributed by atoms with van der Waals surface area (Å²) in [5.74, 6) is 0.284. The summed E-state index contributed by atoms with van der Waals surface area (Å²) < 4.78 is 5.21. The highest BCUT2D eigenvalue weighted by atomic mass is 16.5. The number of methoxy groups -OCH3 is 1. The molecule has 0 fully saturated rings. The van der Waals surface area contributed by atoms with Gasteiger partial charge < -0.3 is 15.0 Å². The average Bonchev–Trinajstić information content (AvgIpc) is 2.55. The summed E-state index contributed by atoms with van der Waals surface area (Å²) in [6.07, 6.45) is 0. The van der Waals surface area contributed by atoms with Crippen molar-refractivity contribution in [3.8, 4) is 5.75 Å². The third kappa shape index (κ3) is 2.94. The van der Waals surface area contributed by atoms with Crippen LogP contribution in [0.25, 0.3) is 10.9 Å². The molecule has 0 saturated heterocycles. The SMILES string of the molecule is COc1ccccc1NC(=O)c1ccc2[nH]c(C)cc(=O)c2c1. The number of amides is 1. The Labute approximate surface area is 132 Å². The zero-order valence-electron chi connectivity index (χ0n) is 12.8. The Balaban J connectivity index is 1.97. The molecule has 2 N–H and O–H groups in total. The number of nitrogens with one attached hydrogen (secondary N) is 2. The van der Waals surface area contributed by atoms with Crippen LogP contribution < -0.4 is 15.5 Å². The van der Waals surface area contributed by atoms with Crippen molar-refractivity contribution in [1.29, 1.82) is 0 Å². The maximum Gasteiger partial charge on any atom is 0.255 e. The maximum atomic E-state index is 12.4. The summed E-state index contributed by atoms with van der Waals surface area (Å²) in [6, 6.07) is 13.7. The van der Waals surface area contributed by atoms with Crippen molar-refractivity contribution in [2.24, 2.45) is 0 Å². The van der Waals surface area contributed by atoms with E-state index in [1.807, 2.05) is 19.1 Å². The highest BCUT2D eigenvalue weighted by Gasteiger charge is 2.11. The Kier molecular flexibility index (Phi) is 3.85. The van der Waals surface area contributed by atoms with Gasteiger partial charge in [0.2, 0.25) is 0 Å². The van der Waals surface area contributed by atoms with Crippen LogP contribution in [0.15, 0.2) is 53.3 Å². The molecule has 3 aromatic rings. The van der Waals surface area contributed by atoms with E-state index in [0.717, 1.165) is 5.69 Å². The number of ether oxygens (including phenoxy) is 1. The number of pyridine rings is 1. The minimum Gasteiger partial charge on any atom is -0.495 e. The molecule has 0 radical (unpaired) electrons. The van der Waals surface area contributed by atoms with Crippen LogP contribution in [0.2, 0.25) is 0 Å². The third-order valence-corrected chi connectivity index (χ3v) is 3.58.